The van der Waals surface area contributed by atoms with Crippen LogP contribution in [0.3, 0.4) is 0 Å². The number of hydrogen-bond acceptors (Lipinski definition) is 8. The molecule has 1 aliphatic rings. The third-order valence-electron chi connectivity index (χ3n) is 5.69. The monoisotopic (exact) mass is 491 g/mol. The van der Waals surface area contributed by atoms with Crippen LogP contribution in [0.15, 0.2) is 64.2 Å². The summed E-state index contributed by atoms with van der Waals surface area (Å²) < 4.78 is 13.2. The molecule has 0 spiro atoms. The summed E-state index contributed by atoms with van der Waals surface area (Å²) in [7, 11) is 0. The Morgan fingerprint density at radius 2 is 1.77 bits per heavy atom. The molecule has 1 N–H and O–H groups in total. The molecule has 0 saturated carbocycles. The second-order valence-corrected chi connectivity index (χ2v) is 9.09. The van der Waals surface area contributed by atoms with Gasteiger partial charge in [-0.05, 0) is 17.7 Å². The Morgan fingerprint density at radius 3 is 2.54 bits per heavy atom. The molecular weight excluding hydrogens is 466 g/mol. The van der Waals surface area contributed by atoms with Gasteiger partial charge in [0.1, 0.15) is 5.58 Å². The third-order valence-corrected chi connectivity index (χ3v) is 6.65. The second-order valence-electron chi connectivity index (χ2n) is 8.15. The Labute approximate surface area is 206 Å². The zero-order valence-electron chi connectivity index (χ0n) is 19.3. The molecule has 1 saturated heterocycles. The summed E-state index contributed by atoms with van der Waals surface area (Å²) in [6.45, 7) is 4.76. The van der Waals surface area contributed by atoms with Gasteiger partial charge in [0.2, 0.25) is 11.9 Å². The summed E-state index contributed by atoms with van der Waals surface area (Å²) in [6, 6.07) is 17.3. The van der Waals surface area contributed by atoms with Gasteiger partial charge in [0, 0.05) is 25.4 Å². The topological polar surface area (TPSA) is 102 Å². The van der Waals surface area contributed by atoms with Crippen molar-refractivity contribution in [2.24, 2.45) is 0 Å². The molecule has 0 unspecified atom stereocenters. The zero-order valence-corrected chi connectivity index (χ0v) is 20.1. The number of aromatic nitrogens is 3. The number of Topliss-reactive ketones (excluding diaryl/α,β-unsaturated/α-hetero) is 1. The number of fused-ring (bicyclic) bond motifs is 1. The number of ketones is 1. The van der Waals surface area contributed by atoms with Crippen molar-refractivity contribution in [3.63, 3.8) is 0 Å². The molecule has 9 nitrogen and oxygen atoms in total. The lowest BCUT2D eigenvalue weighted by atomic mass is 10.2. The lowest BCUT2D eigenvalue weighted by Gasteiger charge is -2.28. The minimum atomic E-state index is -0.258. The fourth-order valence-electron chi connectivity index (χ4n) is 4.01. The van der Waals surface area contributed by atoms with Crippen molar-refractivity contribution in [1.29, 1.82) is 0 Å². The maximum Gasteiger partial charge on any atom is 0.234 e. The van der Waals surface area contributed by atoms with Gasteiger partial charge in [0.15, 0.2) is 16.7 Å². The van der Waals surface area contributed by atoms with Gasteiger partial charge in [0.25, 0.3) is 0 Å². The van der Waals surface area contributed by atoms with Gasteiger partial charge in [-0.15, -0.1) is 10.2 Å². The first-order valence-corrected chi connectivity index (χ1v) is 12.3. The number of morpholine rings is 1. The normalized spacial score (nSPS) is 13.8. The van der Waals surface area contributed by atoms with Crippen molar-refractivity contribution in [1.82, 2.24) is 14.8 Å². The second kappa shape index (κ2) is 10.3. The summed E-state index contributed by atoms with van der Waals surface area (Å²) in [5.74, 6) is 0.506. The summed E-state index contributed by atoms with van der Waals surface area (Å²) in [6.07, 6.45) is 0. The van der Waals surface area contributed by atoms with Crippen LogP contribution in [-0.2, 0) is 16.1 Å². The number of carbonyl (C=O) groups is 2. The number of hydrogen-bond donors (Lipinski definition) is 1. The van der Waals surface area contributed by atoms with Gasteiger partial charge < -0.3 is 19.4 Å². The van der Waals surface area contributed by atoms with Crippen LogP contribution in [0.2, 0.25) is 0 Å². The number of thioether (sulfide) groups is 1. The largest absolute Gasteiger partial charge is 0.451 e. The highest BCUT2D eigenvalue weighted by Crippen LogP contribution is 2.32. The maximum absolute atomic E-state index is 12.9. The fourth-order valence-corrected chi connectivity index (χ4v) is 4.75. The van der Waals surface area contributed by atoms with Crippen LogP contribution in [0.4, 0.5) is 11.6 Å². The average molecular weight is 492 g/mol. The number of amides is 1. The molecule has 0 atom stereocenters. The molecule has 4 aromatic rings. The first-order chi connectivity index (χ1) is 17.1. The van der Waals surface area contributed by atoms with Crippen molar-refractivity contribution >= 4 is 46.1 Å². The number of anilines is 2. The highest BCUT2D eigenvalue weighted by molar-refractivity contribution is 7.99. The predicted molar refractivity (Wildman–Crippen MR) is 134 cm³/mol. The molecule has 0 aliphatic carbocycles. The number of rotatable bonds is 8. The Kier molecular flexibility index (Phi) is 6.82. The molecule has 1 aliphatic heterocycles. The Hall–Kier alpha value is -3.63. The molecule has 0 radical (unpaired) electrons. The van der Waals surface area contributed by atoms with Crippen LogP contribution in [0.25, 0.3) is 11.0 Å². The third kappa shape index (κ3) is 5.08. The molecule has 2 aromatic heterocycles. The van der Waals surface area contributed by atoms with Gasteiger partial charge in [0.05, 0.1) is 31.2 Å². The fraction of sp³-hybridized carbons (Fsp3) is 0.280. The van der Waals surface area contributed by atoms with E-state index in [9.17, 15) is 9.59 Å². The number of ether oxygens (including phenoxy) is 1. The highest BCUT2D eigenvalue weighted by Gasteiger charge is 2.23. The maximum atomic E-state index is 12.9. The Morgan fingerprint density at radius 1 is 1.03 bits per heavy atom. The van der Waals surface area contributed by atoms with Crippen LogP contribution < -0.4 is 10.2 Å². The van der Waals surface area contributed by atoms with Gasteiger partial charge in [-0.2, -0.15) is 0 Å². The summed E-state index contributed by atoms with van der Waals surface area (Å²) in [4.78, 5) is 27.1. The lowest BCUT2D eigenvalue weighted by molar-refractivity contribution is -0.113. The summed E-state index contributed by atoms with van der Waals surface area (Å²) >= 11 is 1.30. The molecule has 180 valence electrons. The van der Waals surface area contributed by atoms with E-state index in [1.165, 1.54) is 18.7 Å². The quantitative estimate of drug-likeness (QED) is 0.293. The van der Waals surface area contributed by atoms with Crippen LogP contribution >= 0.6 is 11.8 Å². The number of furan rings is 1. The summed E-state index contributed by atoms with van der Waals surface area (Å²) in [5.41, 5.74) is 2.07. The minimum Gasteiger partial charge on any atom is -0.451 e. The molecule has 35 heavy (non-hydrogen) atoms. The lowest BCUT2D eigenvalue weighted by Crippen LogP contribution is -2.38. The van der Waals surface area contributed by atoms with E-state index in [1.54, 1.807) is 6.07 Å². The van der Waals surface area contributed by atoms with Crippen molar-refractivity contribution < 1.29 is 18.7 Å². The van der Waals surface area contributed by atoms with Gasteiger partial charge in [-0.1, -0.05) is 54.2 Å². The van der Waals surface area contributed by atoms with E-state index in [4.69, 9.17) is 9.15 Å². The number of para-hydroxylation sites is 1. The van der Waals surface area contributed by atoms with Crippen LogP contribution in [0, 0.1) is 0 Å². The zero-order chi connectivity index (χ0) is 24.2. The molecule has 2 aromatic carbocycles. The predicted octanol–water partition coefficient (Wildman–Crippen LogP) is 3.84. The van der Waals surface area contributed by atoms with Crippen molar-refractivity contribution in [3.05, 3.63) is 65.9 Å². The summed E-state index contributed by atoms with van der Waals surface area (Å²) in [5, 5.41) is 13.0. The highest BCUT2D eigenvalue weighted by atomic mass is 32.2. The van der Waals surface area contributed by atoms with Gasteiger partial charge >= 0.3 is 0 Å². The smallest absolute Gasteiger partial charge is 0.234 e. The van der Waals surface area contributed by atoms with Crippen molar-refractivity contribution in [2.75, 3.05) is 42.3 Å². The van der Waals surface area contributed by atoms with E-state index >= 15 is 0 Å². The minimum absolute atomic E-state index is 0.104. The van der Waals surface area contributed by atoms with Crippen molar-refractivity contribution in [2.45, 2.75) is 18.6 Å². The molecule has 1 amide bonds. The van der Waals surface area contributed by atoms with Gasteiger partial charge in [-0.25, -0.2) is 0 Å². The van der Waals surface area contributed by atoms with Crippen LogP contribution in [-0.4, -0.2) is 58.5 Å². The standard InChI is InChI=1S/C25H25N5O4S/c1-17(31)23-22(19-9-5-6-10-20(19)34-23)26-21(32)16-35-25-28-27-24(29-11-13-33-14-12-29)30(25)15-18-7-3-2-4-8-18/h2-10H,11-16H2,1H3,(H,26,32). The van der Waals surface area contributed by atoms with E-state index < -0.39 is 0 Å². The Bertz CT molecular complexity index is 1340. The number of carbonyl (C=O) groups excluding carboxylic acids is 2. The van der Waals surface area contributed by atoms with E-state index in [-0.39, 0.29) is 23.2 Å². The Balaban J connectivity index is 1.35. The van der Waals surface area contributed by atoms with E-state index in [1.807, 2.05) is 41.0 Å². The average Bonchev–Trinajstić information content (AvgIpc) is 3.45. The molecule has 3 heterocycles. The first-order valence-electron chi connectivity index (χ1n) is 11.3. The van der Waals surface area contributed by atoms with E-state index in [0.717, 1.165) is 24.6 Å². The number of nitrogens with zero attached hydrogens (tertiary/aromatic N) is 4. The molecule has 1 fully saturated rings. The van der Waals surface area contributed by atoms with E-state index in [0.29, 0.717) is 41.6 Å². The van der Waals surface area contributed by atoms with Crippen LogP contribution in [0.1, 0.15) is 23.0 Å². The first kappa shape index (κ1) is 23.1. The van der Waals surface area contributed by atoms with Crippen LogP contribution in [0.5, 0.6) is 0 Å². The van der Waals surface area contributed by atoms with Gasteiger partial charge in [-0.3, -0.25) is 14.2 Å². The molecule has 10 heteroatoms. The van der Waals surface area contributed by atoms with Crippen molar-refractivity contribution in [3.8, 4) is 0 Å². The molecule has 5 rings (SSSR count). The number of nitrogens with one attached hydrogen (secondary N) is 1. The SMILES string of the molecule is CC(=O)c1oc2ccccc2c1NC(=O)CSc1nnc(N2CCOCC2)n1Cc1ccccc1. The molecular formula is C25H25N5O4S. The van der Waals surface area contributed by atoms with E-state index in [2.05, 4.69) is 32.5 Å². The molecule has 0 bridgehead atoms. The number of benzene rings is 2.